The Hall–Kier alpha value is -0.510. The van der Waals surface area contributed by atoms with Gasteiger partial charge in [0.15, 0.2) is 0 Å². The summed E-state index contributed by atoms with van der Waals surface area (Å²) in [5.74, 6) is 0.269. The van der Waals surface area contributed by atoms with E-state index < -0.39 is 0 Å². The summed E-state index contributed by atoms with van der Waals surface area (Å²) in [5.41, 5.74) is 0.104. The highest BCUT2D eigenvalue weighted by Gasteiger charge is 2.18. The molecule has 0 aliphatic rings. The first-order valence-corrected chi connectivity index (χ1v) is 7.26. The van der Waals surface area contributed by atoms with Crippen LogP contribution >= 0.6 is 34.8 Å². The van der Waals surface area contributed by atoms with Crippen LogP contribution < -0.4 is 5.32 Å². The molecular formula is C13H17Cl3N2O. The number of hydrogen-bond acceptors (Lipinski definition) is 2. The van der Waals surface area contributed by atoms with Gasteiger partial charge >= 0.3 is 0 Å². The zero-order valence-electron chi connectivity index (χ0n) is 11.1. The normalized spacial score (nSPS) is 12.6. The second-order valence-electron chi connectivity index (χ2n) is 4.93. The first kappa shape index (κ1) is 16.5. The van der Waals surface area contributed by atoms with Gasteiger partial charge in [0, 0.05) is 12.2 Å². The molecular weight excluding hydrogens is 307 g/mol. The Morgan fingerprint density at radius 1 is 1.21 bits per heavy atom. The second kappa shape index (κ2) is 7.32. The van der Waals surface area contributed by atoms with Crippen LogP contribution in [-0.4, -0.2) is 16.9 Å². The number of aromatic nitrogens is 1. The van der Waals surface area contributed by atoms with Gasteiger partial charge in [0.1, 0.15) is 5.69 Å². The van der Waals surface area contributed by atoms with Crippen LogP contribution in [0.1, 0.15) is 44.1 Å². The van der Waals surface area contributed by atoms with E-state index in [4.69, 9.17) is 34.8 Å². The third-order valence-electron chi connectivity index (χ3n) is 2.69. The van der Waals surface area contributed by atoms with Gasteiger partial charge in [0.25, 0.3) is 5.91 Å². The molecule has 0 unspecified atom stereocenters. The lowest BCUT2D eigenvalue weighted by atomic mass is 10.0. The molecule has 0 saturated heterocycles. The molecule has 1 N–H and O–H groups in total. The maximum Gasteiger partial charge on any atom is 0.271 e. The van der Waals surface area contributed by atoms with E-state index in [0.717, 1.165) is 12.8 Å². The molecule has 0 saturated carbocycles. The molecule has 1 aromatic rings. The van der Waals surface area contributed by atoms with Crippen molar-refractivity contribution in [1.29, 1.82) is 0 Å². The van der Waals surface area contributed by atoms with E-state index in [1.807, 2.05) is 6.92 Å². The van der Waals surface area contributed by atoms with Crippen LogP contribution in [0.2, 0.25) is 15.1 Å². The number of nitrogens with one attached hydrogen (secondary N) is 1. The summed E-state index contributed by atoms with van der Waals surface area (Å²) in [5, 5.41) is 3.32. The molecule has 1 aromatic heterocycles. The van der Waals surface area contributed by atoms with Crippen molar-refractivity contribution in [1.82, 2.24) is 10.3 Å². The van der Waals surface area contributed by atoms with Crippen LogP contribution in [0.5, 0.6) is 0 Å². The maximum absolute atomic E-state index is 12.0. The van der Waals surface area contributed by atoms with Gasteiger partial charge in [-0.2, -0.15) is 0 Å². The van der Waals surface area contributed by atoms with E-state index in [0.29, 0.717) is 5.92 Å². The smallest absolute Gasteiger partial charge is 0.271 e. The summed E-state index contributed by atoms with van der Waals surface area (Å²) in [4.78, 5) is 16.0. The van der Waals surface area contributed by atoms with E-state index in [-0.39, 0.29) is 32.7 Å². The van der Waals surface area contributed by atoms with Gasteiger partial charge in [-0.05, 0) is 25.7 Å². The minimum atomic E-state index is -0.333. The highest BCUT2D eigenvalue weighted by molar-refractivity contribution is 6.48. The monoisotopic (exact) mass is 322 g/mol. The second-order valence-corrected chi connectivity index (χ2v) is 6.09. The Balaban J connectivity index is 2.71. The van der Waals surface area contributed by atoms with Crippen LogP contribution in [0.3, 0.4) is 0 Å². The summed E-state index contributed by atoms with van der Waals surface area (Å²) in [6.45, 7) is 6.24. The summed E-state index contributed by atoms with van der Waals surface area (Å²) < 4.78 is 0. The molecule has 0 bridgehead atoms. The lowest BCUT2D eigenvalue weighted by Crippen LogP contribution is -2.33. The Morgan fingerprint density at radius 3 is 2.42 bits per heavy atom. The molecule has 106 valence electrons. The summed E-state index contributed by atoms with van der Waals surface area (Å²) >= 11 is 17.6. The minimum Gasteiger partial charge on any atom is -0.348 e. The van der Waals surface area contributed by atoms with Gasteiger partial charge in [-0.15, -0.1) is 0 Å². The Bertz CT molecular complexity index is 463. The van der Waals surface area contributed by atoms with Crippen molar-refractivity contribution in [2.75, 3.05) is 0 Å². The molecule has 3 nitrogen and oxygen atoms in total. The van der Waals surface area contributed by atoms with Gasteiger partial charge in [0.2, 0.25) is 0 Å². The molecule has 0 radical (unpaired) electrons. The van der Waals surface area contributed by atoms with Crippen molar-refractivity contribution in [3.05, 3.63) is 27.0 Å². The van der Waals surface area contributed by atoms with Crippen molar-refractivity contribution < 1.29 is 4.79 Å². The Kier molecular flexibility index (Phi) is 6.37. The maximum atomic E-state index is 12.0. The summed E-state index contributed by atoms with van der Waals surface area (Å²) in [6, 6.07) is 0.0576. The number of pyridine rings is 1. The number of carbonyl (C=O) groups is 1. The molecule has 0 aromatic carbocycles. The third-order valence-corrected chi connectivity index (χ3v) is 3.93. The molecule has 1 heterocycles. The third kappa shape index (κ3) is 4.83. The van der Waals surface area contributed by atoms with Crippen LogP contribution in [-0.2, 0) is 0 Å². The quantitative estimate of drug-likeness (QED) is 0.860. The molecule has 1 rings (SSSR count). The number of hydrogen-bond donors (Lipinski definition) is 1. The zero-order valence-corrected chi connectivity index (χ0v) is 13.4. The van der Waals surface area contributed by atoms with Crippen LogP contribution in [0.15, 0.2) is 6.20 Å². The molecule has 0 spiro atoms. The van der Waals surface area contributed by atoms with E-state index in [1.165, 1.54) is 6.20 Å². The number of rotatable bonds is 5. The van der Waals surface area contributed by atoms with E-state index in [2.05, 4.69) is 24.1 Å². The highest BCUT2D eigenvalue weighted by Crippen LogP contribution is 2.31. The number of nitrogens with zero attached hydrogens (tertiary/aromatic N) is 1. The van der Waals surface area contributed by atoms with Gasteiger partial charge < -0.3 is 5.32 Å². The van der Waals surface area contributed by atoms with Crippen molar-refractivity contribution in [3.8, 4) is 0 Å². The number of carbonyl (C=O) groups excluding carboxylic acids is 1. The summed E-state index contributed by atoms with van der Waals surface area (Å²) in [7, 11) is 0. The fourth-order valence-electron chi connectivity index (χ4n) is 1.55. The molecule has 0 fully saturated rings. The molecule has 0 aliphatic heterocycles. The molecule has 0 aliphatic carbocycles. The van der Waals surface area contributed by atoms with Crippen LogP contribution in [0.25, 0.3) is 0 Å². The first-order valence-electron chi connectivity index (χ1n) is 6.13. The van der Waals surface area contributed by atoms with Crippen molar-refractivity contribution in [3.63, 3.8) is 0 Å². The van der Waals surface area contributed by atoms with Crippen molar-refractivity contribution in [2.45, 2.75) is 39.7 Å². The highest BCUT2D eigenvalue weighted by atomic mass is 35.5. The SMILES string of the molecule is CC(C)CC[C@@H](C)NC(=O)c1ncc(Cl)c(Cl)c1Cl. The average molecular weight is 324 g/mol. The van der Waals surface area contributed by atoms with Gasteiger partial charge in [0.05, 0.1) is 15.1 Å². The fraction of sp³-hybridized carbons (Fsp3) is 0.538. The van der Waals surface area contributed by atoms with Crippen LogP contribution in [0, 0.1) is 5.92 Å². The largest absolute Gasteiger partial charge is 0.348 e. The van der Waals surface area contributed by atoms with E-state index in [1.54, 1.807) is 0 Å². The van der Waals surface area contributed by atoms with Gasteiger partial charge in [-0.25, -0.2) is 4.98 Å². The standard InChI is InChI=1S/C13H17Cl3N2O/c1-7(2)4-5-8(3)18-13(19)12-11(16)10(15)9(14)6-17-12/h6-8H,4-5H2,1-3H3,(H,18,19)/t8-/m1/s1. The molecule has 19 heavy (non-hydrogen) atoms. The number of halogens is 3. The Labute approximate surface area is 128 Å². The molecule has 1 amide bonds. The van der Waals surface area contributed by atoms with Gasteiger partial charge in [-0.1, -0.05) is 48.7 Å². The van der Waals surface area contributed by atoms with Crippen LogP contribution in [0.4, 0.5) is 0 Å². The van der Waals surface area contributed by atoms with Crippen molar-refractivity contribution in [2.24, 2.45) is 5.92 Å². The average Bonchev–Trinajstić information content (AvgIpc) is 2.33. The van der Waals surface area contributed by atoms with Crippen molar-refractivity contribution >= 4 is 40.7 Å². The molecule has 6 heteroatoms. The lowest BCUT2D eigenvalue weighted by molar-refractivity contribution is 0.0932. The summed E-state index contributed by atoms with van der Waals surface area (Å²) in [6.07, 6.45) is 3.27. The predicted octanol–water partition coefficient (Wildman–Crippen LogP) is 4.60. The first-order chi connectivity index (χ1) is 8.82. The number of amides is 1. The minimum absolute atomic E-state index is 0.0576. The van der Waals surface area contributed by atoms with E-state index >= 15 is 0 Å². The lowest BCUT2D eigenvalue weighted by Gasteiger charge is -2.15. The predicted molar refractivity (Wildman–Crippen MR) is 80.3 cm³/mol. The topological polar surface area (TPSA) is 42.0 Å². The van der Waals surface area contributed by atoms with Gasteiger partial charge in [-0.3, -0.25) is 4.79 Å². The van der Waals surface area contributed by atoms with E-state index in [9.17, 15) is 4.79 Å². The Morgan fingerprint density at radius 2 is 1.84 bits per heavy atom. The molecule has 1 atom stereocenters. The zero-order chi connectivity index (χ0) is 14.6. The fourth-order valence-corrected chi connectivity index (χ4v) is 2.12.